The number of nitrogens with one attached hydrogen (secondary N) is 1. The lowest BCUT2D eigenvalue weighted by molar-refractivity contribution is 0.414. The molecule has 0 aliphatic heterocycles. The molecule has 19 heavy (non-hydrogen) atoms. The van der Waals surface area contributed by atoms with Gasteiger partial charge in [0.15, 0.2) is 0 Å². The van der Waals surface area contributed by atoms with Crippen LogP contribution in [0.15, 0.2) is 34.7 Å². The largest absolute Gasteiger partial charge is 0.459 e. The van der Waals surface area contributed by atoms with Gasteiger partial charge in [0.05, 0.1) is 6.04 Å². The van der Waals surface area contributed by atoms with Crippen LogP contribution >= 0.6 is 0 Å². The minimum Gasteiger partial charge on any atom is -0.459 e. The number of hydrazine groups is 1. The van der Waals surface area contributed by atoms with Crippen LogP contribution in [0.25, 0.3) is 11.0 Å². The molecular formula is C13H18N2O3S. The van der Waals surface area contributed by atoms with Gasteiger partial charge in [0.2, 0.25) is 0 Å². The lowest BCUT2D eigenvalue weighted by Crippen LogP contribution is -2.28. The number of furan rings is 1. The molecule has 3 N–H and O–H groups in total. The molecule has 1 aromatic heterocycles. The third-order valence-electron chi connectivity index (χ3n) is 3.00. The summed E-state index contributed by atoms with van der Waals surface area (Å²) >= 11 is 0. The molecule has 2 aromatic rings. The van der Waals surface area contributed by atoms with Crippen molar-refractivity contribution in [3.63, 3.8) is 0 Å². The van der Waals surface area contributed by atoms with E-state index in [2.05, 4.69) is 5.43 Å². The molecule has 0 saturated heterocycles. The molecule has 0 radical (unpaired) electrons. The zero-order valence-electron chi connectivity index (χ0n) is 10.8. The summed E-state index contributed by atoms with van der Waals surface area (Å²) in [6.45, 7) is 0. The van der Waals surface area contributed by atoms with Crippen LogP contribution in [-0.4, -0.2) is 20.4 Å². The fraction of sp³-hybridized carbons (Fsp3) is 0.385. The molecular weight excluding hydrogens is 264 g/mol. The summed E-state index contributed by atoms with van der Waals surface area (Å²) in [7, 11) is -2.93. The van der Waals surface area contributed by atoms with Gasteiger partial charge in [-0.2, -0.15) is 0 Å². The maximum atomic E-state index is 11.1. The molecule has 5 nitrogen and oxygen atoms in total. The monoisotopic (exact) mass is 282 g/mol. The fourth-order valence-electron chi connectivity index (χ4n) is 2.03. The zero-order valence-corrected chi connectivity index (χ0v) is 11.6. The smallest absolute Gasteiger partial charge is 0.147 e. The topological polar surface area (TPSA) is 85.3 Å². The van der Waals surface area contributed by atoms with Crippen LogP contribution in [-0.2, 0) is 9.84 Å². The quantitative estimate of drug-likeness (QED) is 0.623. The van der Waals surface area contributed by atoms with E-state index in [0.29, 0.717) is 12.8 Å². The van der Waals surface area contributed by atoms with Crippen molar-refractivity contribution in [1.82, 2.24) is 5.43 Å². The minimum absolute atomic E-state index is 0.158. The van der Waals surface area contributed by atoms with Crippen LogP contribution in [0.1, 0.15) is 24.6 Å². The summed E-state index contributed by atoms with van der Waals surface area (Å²) in [4.78, 5) is 0. The molecule has 0 aliphatic rings. The van der Waals surface area contributed by atoms with Gasteiger partial charge in [-0.25, -0.2) is 13.8 Å². The van der Waals surface area contributed by atoms with E-state index in [0.717, 1.165) is 16.7 Å². The van der Waals surface area contributed by atoms with Crippen LogP contribution in [0.5, 0.6) is 0 Å². The Labute approximate surface area is 112 Å². The third kappa shape index (κ3) is 3.79. The number of hydrogen-bond acceptors (Lipinski definition) is 5. The van der Waals surface area contributed by atoms with Gasteiger partial charge < -0.3 is 4.42 Å². The standard InChI is InChI=1S/C13H18N2O3S/c1-19(16,17)8-4-6-11(15-14)13-9-10-5-2-3-7-12(10)18-13/h2-3,5,7,9,11,15H,4,6,8,14H2,1H3. The fourth-order valence-corrected chi connectivity index (χ4v) is 2.72. The van der Waals surface area contributed by atoms with Crippen molar-refractivity contribution >= 4 is 20.8 Å². The highest BCUT2D eigenvalue weighted by molar-refractivity contribution is 7.90. The predicted octanol–water partition coefficient (Wildman–Crippen LogP) is 1.76. The Balaban J connectivity index is 2.08. The van der Waals surface area contributed by atoms with Crippen LogP contribution in [0.2, 0.25) is 0 Å². The molecule has 0 aliphatic carbocycles. The molecule has 1 unspecified atom stereocenters. The van der Waals surface area contributed by atoms with E-state index < -0.39 is 9.84 Å². The van der Waals surface area contributed by atoms with Gasteiger partial charge in [-0.1, -0.05) is 18.2 Å². The normalized spacial score (nSPS) is 13.8. The molecule has 1 atom stereocenters. The molecule has 1 heterocycles. The van der Waals surface area contributed by atoms with Crippen molar-refractivity contribution in [1.29, 1.82) is 0 Å². The maximum absolute atomic E-state index is 11.1. The van der Waals surface area contributed by atoms with E-state index >= 15 is 0 Å². The average molecular weight is 282 g/mol. The van der Waals surface area contributed by atoms with Crippen LogP contribution < -0.4 is 11.3 Å². The van der Waals surface area contributed by atoms with Crippen LogP contribution in [0.3, 0.4) is 0 Å². The van der Waals surface area contributed by atoms with Gasteiger partial charge >= 0.3 is 0 Å². The molecule has 104 valence electrons. The average Bonchev–Trinajstić information content (AvgIpc) is 2.76. The van der Waals surface area contributed by atoms with Crippen molar-refractivity contribution in [2.24, 2.45) is 5.84 Å². The Morgan fingerprint density at radius 1 is 1.37 bits per heavy atom. The van der Waals surface area contributed by atoms with E-state index in [-0.39, 0.29) is 11.8 Å². The lowest BCUT2D eigenvalue weighted by Gasteiger charge is -2.12. The number of benzene rings is 1. The van der Waals surface area contributed by atoms with Crippen molar-refractivity contribution in [3.05, 3.63) is 36.1 Å². The van der Waals surface area contributed by atoms with Crippen LogP contribution in [0.4, 0.5) is 0 Å². The third-order valence-corrected chi connectivity index (χ3v) is 4.03. The van der Waals surface area contributed by atoms with Gasteiger partial charge in [0, 0.05) is 17.4 Å². The second-order valence-electron chi connectivity index (χ2n) is 4.68. The molecule has 0 saturated carbocycles. The van der Waals surface area contributed by atoms with E-state index in [1.54, 1.807) is 0 Å². The van der Waals surface area contributed by atoms with E-state index in [1.807, 2.05) is 30.3 Å². The number of fused-ring (bicyclic) bond motifs is 1. The van der Waals surface area contributed by atoms with Gasteiger partial charge in [0.1, 0.15) is 21.2 Å². The highest BCUT2D eigenvalue weighted by atomic mass is 32.2. The first-order valence-corrected chi connectivity index (χ1v) is 8.18. The number of nitrogens with two attached hydrogens (primary N) is 1. The molecule has 0 spiro atoms. The number of hydrogen-bond donors (Lipinski definition) is 2. The predicted molar refractivity (Wildman–Crippen MR) is 75.2 cm³/mol. The van der Waals surface area contributed by atoms with Crippen LogP contribution in [0, 0.1) is 0 Å². The van der Waals surface area contributed by atoms with E-state index in [1.165, 1.54) is 6.26 Å². The molecule has 0 bridgehead atoms. The summed E-state index contributed by atoms with van der Waals surface area (Å²) in [5.74, 6) is 6.41. The van der Waals surface area contributed by atoms with E-state index in [4.69, 9.17) is 10.3 Å². The minimum atomic E-state index is -2.93. The van der Waals surface area contributed by atoms with E-state index in [9.17, 15) is 8.42 Å². The van der Waals surface area contributed by atoms with Crippen molar-refractivity contribution in [2.45, 2.75) is 18.9 Å². The highest BCUT2D eigenvalue weighted by Crippen LogP contribution is 2.25. The molecule has 1 aromatic carbocycles. The van der Waals surface area contributed by atoms with Gasteiger partial charge in [0.25, 0.3) is 0 Å². The first-order valence-electron chi connectivity index (χ1n) is 6.12. The summed E-state index contributed by atoms with van der Waals surface area (Å²) in [5, 5.41) is 1.01. The molecule has 0 amide bonds. The summed E-state index contributed by atoms with van der Waals surface area (Å²) in [6.07, 6.45) is 2.40. The number of rotatable bonds is 6. The number of para-hydroxylation sites is 1. The van der Waals surface area contributed by atoms with Crippen molar-refractivity contribution in [2.75, 3.05) is 12.0 Å². The van der Waals surface area contributed by atoms with Crippen molar-refractivity contribution < 1.29 is 12.8 Å². The molecule has 6 heteroatoms. The first kappa shape index (κ1) is 14.0. The van der Waals surface area contributed by atoms with Gasteiger partial charge in [-0.15, -0.1) is 0 Å². The Morgan fingerprint density at radius 3 is 2.74 bits per heavy atom. The van der Waals surface area contributed by atoms with Gasteiger partial charge in [-0.05, 0) is 25.0 Å². The Hall–Kier alpha value is -1.37. The summed E-state index contributed by atoms with van der Waals surface area (Å²) < 4.78 is 27.9. The number of sulfone groups is 1. The lowest BCUT2D eigenvalue weighted by atomic mass is 10.1. The summed E-state index contributed by atoms with van der Waals surface area (Å²) in [6, 6.07) is 9.46. The Morgan fingerprint density at radius 2 is 2.11 bits per heavy atom. The SMILES string of the molecule is CS(=O)(=O)CCCC(NN)c1cc2ccccc2o1. The highest BCUT2D eigenvalue weighted by Gasteiger charge is 2.15. The molecule has 0 fully saturated rings. The van der Waals surface area contributed by atoms with Gasteiger partial charge in [-0.3, -0.25) is 5.84 Å². The second kappa shape index (κ2) is 5.73. The molecule has 2 rings (SSSR count). The Kier molecular flexibility index (Phi) is 4.24. The zero-order chi connectivity index (χ0) is 13.9. The Bertz CT molecular complexity index is 616. The second-order valence-corrected chi connectivity index (χ2v) is 6.94. The maximum Gasteiger partial charge on any atom is 0.147 e. The first-order chi connectivity index (χ1) is 8.99. The summed E-state index contributed by atoms with van der Waals surface area (Å²) in [5.41, 5.74) is 3.48. The van der Waals surface area contributed by atoms with Crippen molar-refractivity contribution in [3.8, 4) is 0 Å².